The first kappa shape index (κ1) is 16.6. The van der Waals surface area contributed by atoms with Crippen molar-refractivity contribution in [2.24, 2.45) is 0 Å². The third-order valence-corrected chi connectivity index (χ3v) is 3.47. The number of hydrogen-bond acceptors (Lipinski definition) is 2. The van der Waals surface area contributed by atoms with Crippen molar-refractivity contribution < 1.29 is 9.21 Å². The van der Waals surface area contributed by atoms with Gasteiger partial charge in [-0.2, -0.15) is 0 Å². The van der Waals surface area contributed by atoms with Crippen molar-refractivity contribution in [3.8, 4) is 11.3 Å². The summed E-state index contributed by atoms with van der Waals surface area (Å²) in [4.78, 5) is 12.1. The maximum Gasteiger partial charge on any atom is 0.291 e. The van der Waals surface area contributed by atoms with Gasteiger partial charge < -0.3 is 9.73 Å². The predicted molar refractivity (Wildman–Crippen MR) is 94.2 cm³/mol. The molecule has 1 heterocycles. The summed E-state index contributed by atoms with van der Waals surface area (Å²) < 4.78 is 5.66. The van der Waals surface area contributed by atoms with Crippen LogP contribution in [-0.4, -0.2) is 5.91 Å². The molecule has 0 aliphatic carbocycles. The van der Waals surface area contributed by atoms with Crippen molar-refractivity contribution in [2.45, 2.75) is 19.8 Å². The molecule has 23 heavy (non-hydrogen) atoms. The van der Waals surface area contributed by atoms with Gasteiger partial charge in [0.1, 0.15) is 5.76 Å². The number of benzene rings is 1. The Morgan fingerprint density at radius 3 is 2.39 bits per heavy atom. The van der Waals surface area contributed by atoms with Gasteiger partial charge in [0.05, 0.1) is 0 Å². The first-order valence-electron chi connectivity index (χ1n) is 7.51. The summed E-state index contributed by atoms with van der Waals surface area (Å²) in [6.07, 6.45) is 4.80. The quantitative estimate of drug-likeness (QED) is 0.758. The average Bonchev–Trinajstić information content (AvgIpc) is 3.04. The molecule has 0 unspecified atom stereocenters. The third kappa shape index (κ3) is 4.10. The van der Waals surface area contributed by atoms with Gasteiger partial charge in [0.25, 0.3) is 5.91 Å². The fraction of sp³-hybridized carbons (Fsp3) is 0.150. The molecule has 1 aromatic carbocycles. The summed E-state index contributed by atoms with van der Waals surface area (Å²) in [5.41, 5.74) is 2.78. The van der Waals surface area contributed by atoms with Crippen molar-refractivity contribution in [2.75, 3.05) is 0 Å². The maximum absolute atomic E-state index is 12.1. The molecule has 3 heteroatoms. The van der Waals surface area contributed by atoms with Crippen molar-refractivity contribution in [1.29, 1.82) is 0 Å². The minimum atomic E-state index is -0.317. The smallest absolute Gasteiger partial charge is 0.291 e. The van der Waals surface area contributed by atoms with E-state index in [1.165, 1.54) is 5.56 Å². The van der Waals surface area contributed by atoms with Crippen LogP contribution in [0.3, 0.4) is 0 Å². The summed E-state index contributed by atoms with van der Waals surface area (Å²) in [5.74, 6) is 1.09. The Morgan fingerprint density at radius 1 is 1.13 bits per heavy atom. The first-order chi connectivity index (χ1) is 11.0. The van der Waals surface area contributed by atoms with E-state index in [4.69, 9.17) is 4.42 Å². The Labute approximate surface area is 137 Å². The Balaban J connectivity index is 2.16. The standard InChI is InChI=1S/C20H21NO2/c1-5-7-17(6-2)21-20(22)19-13-12-18(23-19)16-10-8-15(9-11-16)14(3)4/h5-14H,1-2H2,3-4H3,(H,21,22)/b17-7+. The Kier molecular flexibility index (Phi) is 5.36. The average molecular weight is 307 g/mol. The van der Waals surface area contributed by atoms with Gasteiger partial charge in [0.15, 0.2) is 5.76 Å². The van der Waals surface area contributed by atoms with Crippen LogP contribution < -0.4 is 5.32 Å². The van der Waals surface area contributed by atoms with Crippen LogP contribution in [0, 0.1) is 0 Å². The minimum Gasteiger partial charge on any atom is -0.451 e. The molecule has 3 nitrogen and oxygen atoms in total. The Hall–Kier alpha value is -2.81. The molecule has 0 spiro atoms. The highest BCUT2D eigenvalue weighted by atomic mass is 16.3. The van der Waals surface area contributed by atoms with Gasteiger partial charge >= 0.3 is 0 Å². The molecule has 1 amide bonds. The lowest BCUT2D eigenvalue weighted by Crippen LogP contribution is -2.21. The molecule has 0 saturated carbocycles. The lowest BCUT2D eigenvalue weighted by molar-refractivity contribution is 0.0940. The van der Waals surface area contributed by atoms with E-state index in [9.17, 15) is 4.79 Å². The summed E-state index contributed by atoms with van der Waals surface area (Å²) in [5, 5.41) is 2.71. The summed E-state index contributed by atoms with van der Waals surface area (Å²) >= 11 is 0. The molecule has 2 rings (SSSR count). The molecular weight excluding hydrogens is 286 g/mol. The number of carbonyl (C=O) groups is 1. The molecule has 0 fully saturated rings. The van der Waals surface area contributed by atoms with Crippen LogP contribution in [0.1, 0.15) is 35.9 Å². The zero-order valence-corrected chi connectivity index (χ0v) is 13.5. The molecule has 0 aliphatic rings. The number of carbonyl (C=O) groups excluding carboxylic acids is 1. The maximum atomic E-state index is 12.1. The Bertz CT molecular complexity index is 733. The van der Waals surface area contributed by atoms with E-state index in [-0.39, 0.29) is 11.7 Å². The normalized spacial score (nSPS) is 11.3. The molecule has 2 aromatic rings. The van der Waals surface area contributed by atoms with Crippen LogP contribution in [0.5, 0.6) is 0 Å². The van der Waals surface area contributed by atoms with E-state index < -0.39 is 0 Å². The van der Waals surface area contributed by atoms with Gasteiger partial charge in [-0.05, 0) is 35.8 Å². The van der Waals surface area contributed by atoms with Gasteiger partial charge in [-0.15, -0.1) is 0 Å². The fourth-order valence-corrected chi connectivity index (χ4v) is 2.13. The number of nitrogens with one attached hydrogen (secondary N) is 1. The number of amides is 1. The highest BCUT2D eigenvalue weighted by molar-refractivity contribution is 5.93. The molecule has 0 bridgehead atoms. The van der Waals surface area contributed by atoms with Crippen molar-refractivity contribution in [3.63, 3.8) is 0 Å². The van der Waals surface area contributed by atoms with E-state index in [0.717, 1.165) is 5.56 Å². The molecule has 0 atom stereocenters. The second-order valence-electron chi connectivity index (χ2n) is 5.46. The summed E-state index contributed by atoms with van der Waals surface area (Å²) in [7, 11) is 0. The molecule has 118 valence electrons. The molecular formula is C20H21NO2. The van der Waals surface area contributed by atoms with Crippen LogP contribution in [0.4, 0.5) is 0 Å². The predicted octanol–water partition coefficient (Wildman–Crippen LogP) is 5.06. The van der Waals surface area contributed by atoms with Crippen LogP contribution in [-0.2, 0) is 0 Å². The van der Waals surface area contributed by atoms with Crippen molar-refractivity contribution in [3.05, 3.63) is 84.8 Å². The number of furan rings is 1. The molecule has 0 aliphatic heterocycles. The van der Waals surface area contributed by atoms with Gasteiger partial charge in [-0.25, -0.2) is 0 Å². The first-order valence-corrected chi connectivity index (χ1v) is 7.51. The van der Waals surface area contributed by atoms with Gasteiger partial charge in [0.2, 0.25) is 0 Å². The summed E-state index contributed by atoms with van der Waals surface area (Å²) in [6, 6.07) is 11.6. The monoisotopic (exact) mass is 307 g/mol. The number of allylic oxidation sites excluding steroid dienone is 3. The summed E-state index contributed by atoms with van der Waals surface area (Å²) in [6.45, 7) is 11.5. The lowest BCUT2D eigenvalue weighted by Gasteiger charge is -2.05. The van der Waals surface area contributed by atoms with Crippen LogP contribution in [0.2, 0.25) is 0 Å². The topological polar surface area (TPSA) is 42.2 Å². The van der Waals surface area contributed by atoms with E-state index in [1.807, 2.05) is 12.1 Å². The lowest BCUT2D eigenvalue weighted by atomic mass is 10.0. The fourth-order valence-electron chi connectivity index (χ4n) is 2.13. The van der Waals surface area contributed by atoms with Crippen molar-refractivity contribution in [1.82, 2.24) is 5.32 Å². The van der Waals surface area contributed by atoms with E-state index >= 15 is 0 Å². The van der Waals surface area contributed by atoms with E-state index in [2.05, 4.69) is 44.5 Å². The van der Waals surface area contributed by atoms with Crippen LogP contribution in [0.25, 0.3) is 11.3 Å². The van der Waals surface area contributed by atoms with Gasteiger partial charge in [0, 0.05) is 11.3 Å². The second-order valence-corrected chi connectivity index (χ2v) is 5.46. The van der Waals surface area contributed by atoms with Gasteiger partial charge in [-0.1, -0.05) is 57.3 Å². The number of rotatable bonds is 6. The highest BCUT2D eigenvalue weighted by Crippen LogP contribution is 2.24. The molecule has 0 saturated heterocycles. The molecule has 0 radical (unpaired) electrons. The van der Waals surface area contributed by atoms with Crippen molar-refractivity contribution >= 4 is 5.91 Å². The van der Waals surface area contributed by atoms with Crippen LogP contribution >= 0.6 is 0 Å². The van der Waals surface area contributed by atoms with E-state index in [0.29, 0.717) is 17.4 Å². The SMILES string of the molecule is C=C/C=C(\C=C)NC(=O)c1ccc(-c2ccc(C(C)C)cc2)o1. The van der Waals surface area contributed by atoms with E-state index in [1.54, 1.807) is 30.4 Å². The Morgan fingerprint density at radius 2 is 1.83 bits per heavy atom. The van der Waals surface area contributed by atoms with Crippen LogP contribution in [0.15, 0.2) is 77.9 Å². The minimum absolute atomic E-state index is 0.254. The highest BCUT2D eigenvalue weighted by Gasteiger charge is 2.12. The number of hydrogen-bond donors (Lipinski definition) is 1. The molecule has 1 N–H and O–H groups in total. The molecule has 1 aromatic heterocycles. The second kappa shape index (κ2) is 7.45. The van der Waals surface area contributed by atoms with Gasteiger partial charge in [-0.3, -0.25) is 4.79 Å². The zero-order chi connectivity index (χ0) is 16.8. The largest absolute Gasteiger partial charge is 0.451 e. The zero-order valence-electron chi connectivity index (χ0n) is 13.5. The third-order valence-electron chi connectivity index (χ3n) is 3.47.